The molecule has 0 aliphatic carbocycles. The SMILES string of the molecule is Cc1ccc2[nH]c([C@H]3CCCN(C(=O)[C@@H](C)Cn4ccc(C)n4)C3)c(-c3ccncc3)c2c1. The molecule has 3 aromatic heterocycles. The number of hydrogen-bond acceptors (Lipinski definition) is 3. The van der Waals surface area contributed by atoms with E-state index in [4.69, 9.17) is 0 Å². The molecule has 170 valence electrons. The van der Waals surface area contributed by atoms with Gasteiger partial charge in [-0.25, -0.2) is 0 Å². The monoisotopic (exact) mass is 441 g/mol. The Morgan fingerprint density at radius 2 is 2.00 bits per heavy atom. The number of rotatable bonds is 5. The first kappa shape index (κ1) is 21.4. The molecule has 0 bridgehead atoms. The third-order valence-electron chi connectivity index (χ3n) is 6.75. The van der Waals surface area contributed by atoms with Crippen LogP contribution in [0.3, 0.4) is 0 Å². The number of aryl methyl sites for hydroxylation is 2. The first-order chi connectivity index (χ1) is 16.0. The molecule has 1 N–H and O–H groups in total. The summed E-state index contributed by atoms with van der Waals surface area (Å²) in [4.78, 5) is 23.3. The molecule has 0 saturated carbocycles. The number of hydrogen-bond donors (Lipinski definition) is 1. The summed E-state index contributed by atoms with van der Waals surface area (Å²) in [6.07, 6.45) is 7.73. The molecule has 4 heterocycles. The van der Waals surface area contributed by atoms with Crippen molar-refractivity contribution >= 4 is 16.8 Å². The number of pyridine rings is 1. The maximum absolute atomic E-state index is 13.3. The maximum atomic E-state index is 13.3. The van der Waals surface area contributed by atoms with Gasteiger partial charge in [0.15, 0.2) is 0 Å². The molecule has 1 saturated heterocycles. The van der Waals surface area contributed by atoms with Gasteiger partial charge in [-0.1, -0.05) is 18.6 Å². The van der Waals surface area contributed by atoms with E-state index in [1.54, 1.807) is 0 Å². The molecule has 5 rings (SSSR count). The molecular formula is C27H31N5O. The first-order valence-corrected chi connectivity index (χ1v) is 11.8. The number of amides is 1. The van der Waals surface area contributed by atoms with Crippen molar-refractivity contribution in [1.29, 1.82) is 0 Å². The van der Waals surface area contributed by atoms with Crippen LogP contribution in [0.4, 0.5) is 0 Å². The summed E-state index contributed by atoms with van der Waals surface area (Å²) in [7, 11) is 0. The van der Waals surface area contributed by atoms with Crippen LogP contribution < -0.4 is 0 Å². The summed E-state index contributed by atoms with van der Waals surface area (Å²) < 4.78 is 1.88. The van der Waals surface area contributed by atoms with Crippen LogP contribution in [0.15, 0.2) is 55.0 Å². The number of benzene rings is 1. The van der Waals surface area contributed by atoms with Crippen LogP contribution in [0.2, 0.25) is 0 Å². The summed E-state index contributed by atoms with van der Waals surface area (Å²) in [5.41, 5.74) is 7.01. The second-order valence-corrected chi connectivity index (χ2v) is 9.40. The lowest BCUT2D eigenvalue weighted by Gasteiger charge is -2.34. The van der Waals surface area contributed by atoms with E-state index in [0.29, 0.717) is 6.54 Å². The van der Waals surface area contributed by atoms with Crippen molar-refractivity contribution in [1.82, 2.24) is 24.6 Å². The molecule has 1 amide bonds. The third kappa shape index (κ3) is 4.30. The highest BCUT2D eigenvalue weighted by Crippen LogP contribution is 2.39. The van der Waals surface area contributed by atoms with Gasteiger partial charge in [0.25, 0.3) is 0 Å². The van der Waals surface area contributed by atoms with Gasteiger partial charge in [-0.2, -0.15) is 5.10 Å². The van der Waals surface area contributed by atoms with Crippen molar-refractivity contribution in [2.24, 2.45) is 5.92 Å². The molecule has 1 fully saturated rings. The second kappa shape index (κ2) is 8.85. The van der Waals surface area contributed by atoms with Gasteiger partial charge in [0.1, 0.15) is 0 Å². The summed E-state index contributed by atoms with van der Waals surface area (Å²) in [5, 5.41) is 5.69. The highest BCUT2D eigenvalue weighted by molar-refractivity contribution is 5.98. The Balaban J connectivity index is 1.43. The van der Waals surface area contributed by atoms with E-state index in [9.17, 15) is 4.79 Å². The van der Waals surface area contributed by atoms with E-state index in [0.717, 1.165) is 37.1 Å². The summed E-state index contributed by atoms with van der Waals surface area (Å²) in [5.74, 6) is 0.385. The number of carbonyl (C=O) groups excluding carboxylic acids is 1. The number of carbonyl (C=O) groups is 1. The lowest BCUT2D eigenvalue weighted by atomic mass is 9.89. The number of nitrogens with one attached hydrogen (secondary N) is 1. The Labute approximate surface area is 194 Å². The zero-order chi connectivity index (χ0) is 22.9. The van der Waals surface area contributed by atoms with Crippen molar-refractivity contribution in [3.63, 3.8) is 0 Å². The normalized spacial score (nSPS) is 17.4. The Morgan fingerprint density at radius 1 is 1.18 bits per heavy atom. The Bertz CT molecular complexity index is 1270. The van der Waals surface area contributed by atoms with Crippen LogP contribution in [0.1, 0.15) is 42.6 Å². The molecule has 6 heteroatoms. The Morgan fingerprint density at radius 3 is 2.76 bits per heavy atom. The first-order valence-electron chi connectivity index (χ1n) is 11.8. The zero-order valence-electron chi connectivity index (χ0n) is 19.6. The molecule has 1 aliphatic heterocycles. The predicted octanol–water partition coefficient (Wildman–Crippen LogP) is 5.09. The van der Waals surface area contributed by atoms with Crippen molar-refractivity contribution in [2.45, 2.75) is 46.1 Å². The van der Waals surface area contributed by atoms with Gasteiger partial charge in [0, 0.05) is 59.8 Å². The molecule has 2 atom stereocenters. The average Bonchev–Trinajstić information content (AvgIpc) is 3.41. The zero-order valence-corrected chi connectivity index (χ0v) is 19.6. The number of H-pyrrole nitrogens is 1. The number of fused-ring (bicyclic) bond motifs is 1. The summed E-state index contributed by atoms with van der Waals surface area (Å²) >= 11 is 0. The predicted molar refractivity (Wildman–Crippen MR) is 131 cm³/mol. The van der Waals surface area contributed by atoms with Gasteiger partial charge < -0.3 is 9.88 Å². The fourth-order valence-corrected chi connectivity index (χ4v) is 5.11. The van der Waals surface area contributed by atoms with Gasteiger partial charge in [0.05, 0.1) is 18.2 Å². The molecule has 6 nitrogen and oxygen atoms in total. The van der Waals surface area contributed by atoms with Crippen LogP contribution in [0.25, 0.3) is 22.0 Å². The molecule has 33 heavy (non-hydrogen) atoms. The highest BCUT2D eigenvalue weighted by Gasteiger charge is 2.30. The Kier molecular flexibility index (Phi) is 5.75. The van der Waals surface area contributed by atoms with Crippen LogP contribution in [-0.2, 0) is 11.3 Å². The van der Waals surface area contributed by atoms with Gasteiger partial charge in [-0.15, -0.1) is 0 Å². The van der Waals surface area contributed by atoms with Crippen molar-refractivity contribution in [3.05, 3.63) is 71.9 Å². The molecule has 1 aliphatic rings. The molecule has 1 aromatic carbocycles. The fraction of sp³-hybridized carbons (Fsp3) is 0.370. The van der Waals surface area contributed by atoms with E-state index in [-0.39, 0.29) is 17.7 Å². The minimum Gasteiger partial charge on any atom is -0.358 e. The number of likely N-dealkylation sites (tertiary alicyclic amines) is 1. The number of nitrogens with zero attached hydrogens (tertiary/aromatic N) is 4. The Hall–Kier alpha value is -3.41. The van der Waals surface area contributed by atoms with E-state index in [1.807, 2.05) is 43.2 Å². The van der Waals surface area contributed by atoms with E-state index in [1.165, 1.54) is 27.8 Å². The number of aromatic amines is 1. The lowest BCUT2D eigenvalue weighted by molar-refractivity contribution is -0.136. The summed E-state index contributed by atoms with van der Waals surface area (Å²) in [6, 6.07) is 12.7. The molecule has 0 radical (unpaired) electrons. The second-order valence-electron chi connectivity index (χ2n) is 9.40. The topological polar surface area (TPSA) is 66.8 Å². The van der Waals surface area contributed by atoms with Gasteiger partial charge in [-0.3, -0.25) is 14.5 Å². The third-order valence-corrected chi connectivity index (χ3v) is 6.75. The van der Waals surface area contributed by atoms with Crippen LogP contribution in [0, 0.1) is 19.8 Å². The van der Waals surface area contributed by atoms with E-state index < -0.39 is 0 Å². The van der Waals surface area contributed by atoms with E-state index >= 15 is 0 Å². The quantitative estimate of drug-likeness (QED) is 0.469. The highest BCUT2D eigenvalue weighted by atomic mass is 16.2. The average molecular weight is 442 g/mol. The summed E-state index contributed by atoms with van der Waals surface area (Å²) in [6.45, 7) is 8.29. The van der Waals surface area contributed by atoms with Gasteiger partial charge in [-0.05, 0) is 62.6 Å². The lowest BCUT2D eigenvalue weighted by Crippen LogP contribution is -2.42. The van der Waals surface area contributed by atoms with Crippen LogP contribution >= 0.6 is 0 Å². The number of aromatic nitrogens is 4. The fourth-order valence-electron chi connectivity index (χ4n) is 5.11. The van der Waals surface area contributed by atoms with Gasteiger partial charge in [0.2, 0.25) is 5.91 Å². The maximum Gasteiger partial charge on any atom is 0.227 e. The molecule has 0 spiro atoms. The standard InChI is InChI=1S/C27H31N5O/c1-18-6-7-24-23(15-18)25(21-8-11-28-12-9-21)26(29-24)22-5-4-13-31(17-22)27(33)19(2)16-32-14-10-20(3)30-32/h6-12,14-15,19,22,29H,4-5,13,16-17H2,1-3H3/t19-,22-/m0/s1. The minimum atomic E-state index is -0.104. The minimum absolute atomic E-state index is 0.104. The molecule has 4 aromatic rings. The smallest absolute Gasteiger partial charge is 0.227 e. The van der Waals surface area contributed by atoms with Crippen molar-refractivity contribution in [2.75, 3.05) is 13.1 Å². The number of piperidine rings is 1. The van der Waals surface area contributed by atoms with Crippen molar-refractivity contribution in [3.8, 4) is 11.1 Å². The molecular weight excluding hydrogens is 410 g/mol. The largest absolute Gasteiger partial charge is 0.358 e. The van der Waals surface area contributed by atoms with E-state index in [2.05, 4.69) is 57.2 Å². The van der Waals surface area contributed by atoms with Crippen LogP contribution in [-0.4, -0.2) is 43.6 Å². The molecule has 0 unspecified atom stereocenters. The van der Waals surface area contributed by atoms with Crippen LogP contribution in [0.5, 0.6) is 0 Å². The van der Waals surface area contributed by atoms with Gasteiger partial charge >= 0.3 is 0 Å². The van der Waals surface area contributed by atoms with Crippen molar-refractivity contribution < 1.29 is 4.79 Å².